The van der Waals surface area contributed by atoms with Crippen LogP contribution in [0.4, 0.5) is 11.5 Å². The Morgan fingerprint density at radius 3 is 2.60 bits per heavy atom. The van der Waals surface area contributed by atoms with Gasteiger partial charge in [0.2, 0.25) is 11.8 Å². The van der Waals surface area contributed by atoms with Crippen LogP contribution in [0.15, 0.2) is 66.9 Å². The number of carbonyl (C=O) groups is 2. The number of fused-ring (bicyclic) bond motifs is 1. The SMILES string of the molecule is COc1nc(-c2cccc(-c3cccc(Nc4nccc5sc(CNCC(=O)O)cc45)c3Cl)c2Cl)ccc1CN1CC2(CCC(=O)N2)C1. The molecule has 0 saturated carbocycles. The van der Waals surface area contributed by atoms with Gasteiger partial charge in [-0.05, 0) is 30.7 Å². The van der Waals surface area contributed by atoms with Gasteiger partial charge in [0.15, 0.2) is 0 Å². The summed E-state index contributed by atoms with van der Waals surface area (Å²) in [5, 5.41) is 20.3. The van der Waals surface area contributed by atoms with Crippen molar-refractivity contribution in [2.45, 2.75) is 31.5 Å². The molecule has 5 aromatic rings. The molecule has 2 aromatic carbocycles. The van der Waals surface area contributed by atoms with Gasteiger partial charge < -0.3 is 25.8 Å². The van der Waals surface area contributed by atoms with Crippen molar-refractivity contribution in [1.29, 1.82) is 0 Å². The molecule has 246 valence electrons. The van der Waals surface area contributed by atoms with Crippen LogP contribution in [0.1, 0.15) is 23.3 Å². The van der Waals surface area contributed by atoms with E-state index in [1.165, 1.54) is 0 Å². The molecule has 1 amide bonds. The maximum absolute atomic E-state index is 11.7. The topological polar surface area (TPSA) is 129 Å². The third-order valence-electron chi connectivity index (χ3n) is 8.70. The van der Waals surface area contributed by atoms with E-state index < -0.39 is 5.97 Å². The van der Waals surface area contributed by atoms with Crippen LogP contribution < -0.4 is 20.7 Å². The summed E-state index contributed by atoms with van der Waals surface area (Å²) >= 11 is 15.7. The van der Waals surface area contributed by atoms with Gasteiger partial charge in [-0.1, -0.05) is 59.6 Å². The van der Waals surface area contributed by atoms with E-state index in [2.05, 4.69) is 25.8 Å². The Morgan fingerprint density at radius 1 is 1.08 bits per heavy atom. The zero-order chi connectivity index (χ0) is 33.4. The van der Waals surface area contributed by atoms with Gasteiger partial charge in [-0.25, -0.2) is 9.97 Å². The normalized spacial score (nSPS) is 15.4. The van der Waals surface area contributed by atoms with Gasteiger partial charge in [-0.15, -0.1) is 11.3 Å². The minimum Gasteiger partial charge on any atom is -0.481 e. The molecular weight excluding hydrogens is 671 g/mol. The minimum absolute atomic E-state index is 0.0841. The molecule has 2 saturated heterocycles. The van der Waals surface area contributed by atoms with E-state index in [-0.39, 0.29) is 18.0 Å². The number of halogens is 2. The van der Waals surface area contributed by atoms with Gasteiger partial charge in [0.25, 0.3) is 0 Å². The number of anilines is 2. The molecular formula is C35H32Cl2N6O4S. The Bertz CT molecular complexity index is 2050. The van der Waals surface area contributed by atoms with Crippen LogP contribution in [0.2, 0.25) is 10.0 Å². The first-order valence-electron chi connectivity index (χ1n) is 15.4. The van der Waals surface area contributed by atoms with Crippen LogP contribution in [0.25, 0.3) is 32.5 Å². The summed E-state index contributed by atoms with van der Waals surface area (Å²) in [4.78, 5) is 35.3. The second kappa shape index (κ2) is 13.3. The zero-order valence-corrected chi connectivity index (χ0v) is 28.3. The van der Waals surface area contributed by atoms with Gasteiger partial charge in [0.05, 0.1) is 40.6 Å². The summed E-state index contributed by atoms with van der Waals surface area (Å²) in [5.41, 5.74) is 4.48. The molecule has 13 heteroatoms. The summed E-state index contributed by atoms with van der Waals surface area (Å²) < 4.78 is 6.73. The fraction of sp³-hybridized carbons (Fsp3) is 0.257. The van der Waals surface area contributed by atoms with Crippen molar-refractivity contribution >= 4 is 68.0 Å². The third kappa shape index (κ3) is 6.44. The van der Waals surface area contributed by atoms with Gasteiger partial charge in [-0.3, -0.25) is 14.5 Å². The molecule has 0 bridgehead atoms. The predicted molar refractivity (Wildman–Crippen MR) is 189 cm³/mol. The Morgan fingerprint density at radius 2 is 1.85 bits per heavy atom. The summed E-state index contributed by atoms with van der Waals surface area (Å²) in [5.74, 6) is 0.409. The van der Waals surface area contributed by atoms with Crippen LogP contribution in [0.5, 0.6) is 5.88 Å². The van der Waals surface area contributed by atoms with E-state index in [1.807, 2.05) is 60.7 Å². The highest BCUT2D eigenvalue weighted by molar-refractivity contribution is 7.19. The van der Waals surface area contributed by atoms with Gasteiger partial charge >= 0.3 is 5.97 Å². The van der Waals surface area contributed by atoms with Crippen molar-refractivity contribution in [2.24, 2.45) is 0 Å². The van der Waals surface area contributed by atoms with Crippen molar-refractivity contribution in [3.63, 3.8) is 0 Å². The number of ether oxygens (including phenoxy) is 1. The maximum atomic E-state index is 11.7. The lowest BCUT2D eigenvalue weighted by atomic mass is 9.88. The quantitative estimate of drug-likeness (QED) is 0.119. The molecule has 1 spiro atoms. The van der Waals surface area contributed by atoms with E-state index in [9.17, 15) is 9.59 Å². The average molecular weight is 704 g/mol. The largest absolute Gasteiger partial charge is 0.481 e. The van der Waals surface area contributed by atoms with Crippen molar-refractivity contribution < 1.29 is 19.4 Å². The highest BCUT2D eigenvalue weighted by Gasteiger charge is 2.47. The van der Waals surface area contributed by atoms with E-state index in [0.29, 0.717) is 52.6 Å². The second-order valence-corrected chi connectivity index (χ2v) is 14.0. The number of rotatable bonds is 11. The first-order valence-corrected chi connectivity index (χ1v) is 17.0. The molecule has 2 aliphatic rings. The predicted octanol–water partition coefficient (Wildman–Crippen LogP) is 6.72. The van der Waals surface area contributed by atoms with Gasteiger partial charge in [0.1, 0.15) is 5.82 Å². The Hall–Kier alpha value is -4.26. The lowest BCUT2D eigenvalue weighted by Gasteiger charge is -2.48. The number of methoxy groups -OCH3 is 1. The third-order valence-corrected chi connectivity index (χ3v) is 10.6. The van der Waals surface area contributed by atoms with E-state index in [4.69, 9.17) is 38.0 Å². The Kier molecular flexibility index (Phi) is 8.97. The van der Waals surface area contributed by atoms with Crippen LogP contribution >= 0.6 is 34.5 Å². The lowest BCUT2D eigenvalue weighted by Crippen LogP contribution is -2.66. The lowest BCUT2D eigenvalue weighted by molar-refractivity contribution is -0.136. The highest BCUT2D eigenvalue weighted by Crippen LogP contribution is 2.43. The molecule has 0 aliphatic carbocycles. The van der Waals surface area contributed by atoms with Crippen LogP contribution in [0, 0.1) is 0 Å². The van der Waals surface area contributed by atoms with Crippen LogP contribution in [-0.2, 0) is 22.7 Å². The average Bonchev–Trinajstić information content (AvgIpc) is 3.66. The molecule has 10 nitrogen and oxygen atoms in total. The number of nitrogens with zero attached hydrogens (tertiary/aromatic N) is 3. The Balaban J connectivity index is 1.12. The van der Waals surface area contributed by atoms with Crippen molar-refractivity contribution in [3.05, 3.63) is 87.3 Å². The van der Waals surface area contributed by atoms with Gasteiger partial charge in [-0.2, -0.15) is 0 Å². The minimum atomic E-state index is -0.900. The molecule has 0 atom stereocenters. The monoisotopic (exact) mass is 702 g/mol. The van der Waals surface area contributed by atoms with Crippen molar-refractivity contribution in [2.75, 3.05) is 32.1 Å². The summed E-state index contributed by atoms with van der Waals surface area (Å²) in [6.45, 7) is 2.64. The molecule has 48 heavy (non-hydrogen) atoms. The number of carboxylic acids is 1. The molecule has 2 aliphatic heterocycles. The number of hydrogen-bond acceptors (Lipinski definition) is 9. The number of aliphatic carboxylic acids is 1. The molecule has 4 N–H and O–H groups in total. The first-order chi connectivity index (χ1) is 23.2. The summed E-state index contributed by atoms with van der Waals surface area (Å²) in [6, 6.07) is 19.4. The first kappa shape index (κ1) is 32.3. The number of nitrogens with one attached hydrogen (secondary N) is 3. The summed E-state index contributed by atoms with van der Waals surface area (Å²) in [6.07, 6.45) is 3.21. The summed E-state index contributed by atoms with van der Waals surface area (Å²) in [7, 11) is 1.61. The second-order valence-electron chi connectivity index (χ2n) is 12.1. The molecule has 3 aromatic heterocycles. The number of carboxylic acid groups (broad SMARTS) is 1. The zero-order valence-electron chi connectivity index (χ0n) is 26.0. The standard InChI is InChI=1S/C35H32Cl2N6O4S/c1-47-34-20(17-43-18-35(19-43)12-10-29(44)42-35)8-9-26(41-34)24-6-2-4-22(31(24)36)23-5-3-7-27(32(23)37)40-33-25-14-21(15-38-16-30(45)46)48-28(25)11-13-39-33/h2-9,11,13-14,38H,10,12,15-19H2,1H3,(H,39,40)(H,42,44)(H,45,46). The van der Waals surface area contributed by atoms with Crippen LogP contribution in [0.3, 0.4) is 0 Å². The van der Waals surface area contributed by atoms with Crippen molar-refractivity contribution in [1.82, 2.24) is 25.5 Å². The van der Waals surface area contributed by atoms with Gasteiger partial charge in [0, 0.05) is 76.0 Å². The van der Waals surface area contributed by atoms with Crippen LogP contribution in [-0.4, -0.2) is 64.1 Å². The number of thiophene rings is 1. The smallest absolute Gasteiger partial charge is 0.317 e. The molecule has 0 unspecified atom stereocenters. The number of carbonyl (C=O) groups excluding carboxylic acids is 1. The van der Waals surface area contributed by atoms with E-state index >= 15 is 0 Å². The number of pyridine rings is 2. The Labute approximate surface area is 291 Å². The maximum Gasteiger partial charge on any atom is 0.317 e. The number of amides is 1. The fourth-order valence-electron chi connectivity index (χ4n) is 6.49. The fourth-order valence-corrected chi connectivity index (χ4v) is 8.11. The molecule has 5 heterocycles. The van der Waals surface area contributed by atoms with Crippen molar-refractivity contribution in [3.8, 4) is 28.3 Å². The highest BCUT2D eigenvalue weighted by atomic mass is 35.5. The number of likely N-dealkylation sites (tertiary alicyclic amines) is 1. The number of aromatic nitrogens is 2. The van der Waals surface area contributed by atoms with E-state index in [1.54, 1.807) is 24.6 Å². The number of hydrogen-bond donors (Lipinski definition) is 4. The molecule has 0 radical (unpaired) electrons. The number of benzene rings is 2. The molecule has 7 rings (SSSR count). The van der Waals surface area contributed by atoms with E-state index in [0.717, 1.165) is 56.7 Å². The molecule has 2 fully saturated rings.